The normalized spacial score (nSPS) is 11.3. The number of benzene rings is 1. The van der Waals surface area contributed by atoms with Crippen LogP contribution >= 0.6 is 11.3 Å². The van der Waals surface area contributed by atoms with E-state index in [2.05, 4.69) is 30.0 Å². The van der Waals surface area contributed by atoms with Gasteiger partial charge in [-0.1, -0.05) is 12.1 Å². The molecule has 1 heterocycles. The molecule has 0 aliphatic carbocycles. The highest BCUT2D eigenvalue weighted by molar-refractivity contribution is 7.92. The predicted octanol–water partition coefficient (Wildman–Crippen LogP) is 3.35. The third-order valence-electron chi connectivity index (χ3n) is 2.84. The topological polar surface area (TPSA) is 58.2 Å². The molecule has 2 rings (SSSR count). The maximum Gasteiger partial charge on any atom is 0.229 e. The van der Waals surface area contributed by atoms with Crippen LogP contribution in [0.4, 0.5) is 11.4 Å². The molecule has 1 aromatic heterocycles. The number of rotatable bonds is 5. The van der Waals surface area contributed by atoms with Gasteiger partial charge in [-0.2, -0.15) is 0 Å². The first-order valence-corrected chi connectivity index (χ1v) is 8.92. The molecule has 0 aliphatic rings. The zero-order chi connectivity index (χ0) is 14.8. The van der Waals surface area contributed by atoms with Crippen molar-refractivity contribution < 1.29 is 8.42 Å². The number of nitrogens with one attached hydrogen (secondary N) is 2. The number of thiophene rings is 1. The molecule has 0 saturated heterocycles. The number of anilines is 2. The number of sulfonamides is 1. The summed E-state index contributed by atoms with van der Waals surface area (Å²) < 4.78 is 25.2. The van der Waals surface area contributed by atoms with Gasteiger partial charge in [0.1, 0.15) is 0 Å². The van der Waals surface area contributed by atoms with Crippen molar-refractivity contribution in [3.05, 3.63) is 45.6 Å². The SMILES string of the molecule is Cc1cc(CNc2ccccc2NS(C)(=O)=O)c(C)s1. The molecule has 0 spiro atoms. The van der Waals surface area contributed by atoms with Crippen LogP contribution in [0.3, 0.4) is 0 Å². The van der Waals surface area contributed by atoms with E-state index in [4.69, 9.17) is 0 Å². The van der Waals surface area contributed by atoms with Crippen molar-refractivity contribution in [2.45, 2.75) is 20.4 Å². The zero-order valence-electron chi connectivity index (χ0n) is 11.7. The second-order valence-electron chi connectivity index (χ2n) is 4.71. The van der Waals surface area contributed by atoms with Crippen LogP contribution in [0.2, 0.25) is 0 Å². The Kier molecular flexibility index (Phi) is 4.35. The lowest BCUT2D eigenvalue weighted by Crippen LogP contribution is -2.11. The average Bonchev–Trinajstić information content (AvgIpc) is 2.65. The minimum atomic E-state index is -3.27. The molecule has 0 atom stereocenters. The summed E-state index contributed by atoms with van der Waals surface area (Å²) in [5.74, 6) is 0. The number of para-hydroxylation sites is 2. The van der Waals surface area contributed by atoms with Crippen LogP contribution in [-0.4, -0.2) is 14.7 Å². The summed E-state index contributed by atoms with van der Waals surface area (Å²) in [6.07, 6.45) is 1.15. The summed E-state index contributed by atoms with van der Waals surface area (Å²) in [7, 11) is -3.27. The van der Waals surface area contributed by atoms with Crippen LogP contribution in [0.25, 0.3) is 0 Å². The highest BCUT2D eigenvalue weighted by Gasteiger charge is 2.08. The summed E-state index contributed by atoms with van der Waals surface area (Å²) >= 11 is 1.77. The Hall–Kier alpha value is -1.53. The van der Waals surface area contributed by atoms with Crippen molar-refractivity contribution in [1.29, 1.82) is 0 Å². The molecular weight excluding hydrogens is 292 g/mol. The Balaban J connectivity index is 2.15. The largest absolute Gasteiger partial charge is 0.379 e. The first-order chi connectivity index (χ1) is 9.35. The molecule has 108 valence electrons. The summed E-state index contributed by atoms with van der Waals surface area (Å²) in [6, 6.07) is 9.44. The molecule has 0 fully saturated rings. The third kappa shape index (κ3) is 3.98. The van der Waals surface area contributed by atoms with E-state index in [0.29, 0.717) is 12.2 Å². The molecule has 6 heteroatoms. The Bertz CT molecular complexity index is 706. The second-order valence-corrected chi connectivity index (χ2v) is 7.92. The van der Waals surface area contributed by atoms with E-state index in [1.165, 1.54) is 15.3 Å². The summed E-state index contributed by atoms with van der Waals surface area (Å²) in [5, 5.41) is 3.29. The molecule has 20 heavy (non-hydrogen) atoms. The molecule has 2 N–H and O–H groups in total. The molecular formula is C14H18N2O2S2. The van der Waals surface area contributed by atoms with Crippen molar-refractivity contribution in [2.24, 2.45) is 0 Å². The highest BCUT2D eigenvalue weighted by Crippen LogP contribution is 2.25. The quantitative estimate of drug-likeness (QED) is 0.890. The van der Waals surface area contributed by atoms with E-state index in [1.807, 2.05) is 12.1 Å². The van der Waals surface area contributed by atoms with Crippen molar-refractivity contribution >= 4 is 32.7 Å². The lowest BCUT2D eigenvalue weighted by atomic mass is 10.2. The Morgan fingerprint density at radius 2 is 1.80 bits per heavy atom. The van der Waals surface area contributed by atoms with Gasteiger partial charge in [-0.3, -0.25) is 4.72 Å². The molecule has 0 radical (unpaired) electrons. The minimum Gasteiger partial charge on any atom is -0.379 e. The molecule has 0 aliphatic heterocycles. The third-order valence-corrected chi connectivity index (χ3v) is 4.43. The molecule has 1 aromatic carbocycles. The summed E-state index contributed by atoms with van der Waals surface area (Å²) in [5.41, 5.74) is 2.59. The second kappa shape index (κ2) is 5.85. The lowest BCUT2D eigenvalue weighted by molar-refractivity contribution is 0.607. The van der Waals surface area contributed by atoms with Gasteiger partial charge in [-0.05, 0) is 37.6 Å². The van der Waals surface area contributed by atoms with E-state index in [1.54, 1.807) is 23.5 Å². The van der Waals surface area contributed by atoms with Crippen molar-refractivity contribution in [3.8, 4) is 0 Å². The fraction of sp³-hybridized carbons (Fsp3) is 0.286. The number of hydrogen-bond acceptors (Lipinski definition) is 4. The first-order valence-electron chi connectivity index (χ1n) is 6.22. The Morgan fingerprint density at radius 1 is 1.15 bits per heavy atom. The van der Waals surface area contributed by atoms with E-state index in [-0.39, 0.29) is 0 Å². The Morgan fingerprint density at radius 3 is 2.35 bits per heavy atom. The minimum absolute atomic E-state index is 0.569. The molecule has 2 aromatic rings. The lowest BCUT2D eigenvalue weighted by Gasteiger charge is -2.12. The molecule has 4 nitrogen and oxygen atoms in total. The van der Waals surface area contributed by atoms with Crippen LogP contribution in [0.5, 0.6) is 0 Å². The van der Waals surface area contributed by atoms with Crippen molar-refractivity contribution in [1.82, 2.24) is 0 Å². The average molecular weight is 310 g/mol. The maximum absolute atomic E-state index is 11.3. The van der Waals surface area contributed by atoms with E-state index in [9.17, 15) is 8.42 Å². The molecule has 0 amide bonds. The van der Waals surface area contributed by atoms with E-state index in [0.717, 1.165) is 11.9 Å². The van der Waals surface area contributed by atoms with Gasteiger partial charge in [0, 0.05) is 16.3 Å². The number of aryl methyl sites for hydroxylation is 2. The first kappa shape index (κ1) is 14.9. The van der Waals surface area contributed by atoms with Gasteiger partial charge in [0.05, 0.1) is 17.6 Å². The monoisotopic (exact) mass is 310 g/mol. The standard InChI is InChI=1S/C14H18N2O2S2/c1-10-8-12(11(2)19-10)9-15-13-6-4-5-7-14(13)16-20(3,17)18/h4-8,15-16H,9H2,1-3H3. The fourth-order valence-electron chi connectivity index (χ4n) is 1.98. The van der Waals surface area contributed by atoms with Gasteiger partial charge < -0.3 is 5.32 Å². The van der Waals surface area contributed by atoms with Gasteiger partial charge in [0.2, 0.25) is 10.0 Å². The van der Waals surface area contributed by atoms with Crippen LogP contribution in [-0.2, 0) is 16.6 Å². The van der Waals surface area contributed by atoms with Crippen molar-refractivity contribution in [2.75, 3.05) is 16.3 Å². The van der Waals surface area contributed by atoms with Crippen LogP contribution < -0.4 is 10.0 Å². The molecule has 0 unspecified atom stereocenters. The zero-order valence-corrected chi connectivity index (χ0v) is 13.4. The van der Waals surface area contributed by atoms with Gasteiger partial charge in [-0.25, -0.2) is 8.42 Å². The van der Waals surface area contributed by atoms with Crippen molar-refractivity contribution in [3.63, 3.8) is 0 Å². The van der Waals surface area contributed by atoms with Crippen LogP contribution in [0, 0.1) is 13.8 Å². The predicted molar refractivity (Wildman–Crippen MR) is 86.0 cm³/mol. The van der Waals surface area contributed by atoms with E-state index >= 15 is 0 Å². The molecule has 0 bridgehead atoms. The van der Waals surface area contributed by atoms with Gasteiger partial charge in [-0.15, -0.1) is 11.3 Å². The fourth-order valence-corrected chi connectivity index (χ4v) is 3.50. The van der Waals surface area contributed by atoms with Crippen LogP contribution in [0.15, 0.2) is 30.3 Å². The molecule has 0 saturated carbocycles. The Labute approximate surface area is 123 Å². The van der Waals surface area contributed by atoms with E-state index < -0.39 is 10.0 Å². The smallest absolute Gasteiger partial charge is 0.229 e. The summed E-state index contributed by atoms with van der Waals surface area (Å²) in [6.45, 7) is 4.86. The highest BCUT2D eigenvalue weighted by atomic mass is 32.2. The summed E-state index contributed by atoms with van der Waals surface area (Å²) in [4.78, 5) is 2.56. The van der Waals surface area contributed by atoms with Gasteiger partial charge >= 0.3 is 0 Å². The maximum atomic E-state index is 11.3. The number of hydrogen-bond donors (Lipinski definition) is 2. The van der Waals surface area contributed by atoms with Gasteiger partial charge in [0.25, 0.3) is 0 Å². The van der Waals surface area contributed by atoms with Gasteiger partial charge in [0.15, 0.2) is 0 Å². The van der Waals surface area contributed by atoms with Crippen LogP contribution in [0.1, 0.15) is 15.3 Å².